The second-order valence-corrected chi connectivity index (χ2v) is 5.78. The van der Waals surface area contributed by atoms with E-state index in [1.807, 2.05) is 20.8 Å². The van der Waals surface area contributed by atoms with E-state index in [1.165, 1.54) is 12.4 Å². The van der Waals surface area contributed by atoms with Crippen molar-refractivity contribution in [3.8, 4) is 0 Å². The van der Waals surface area contributed by atoms with E-state index in [0.29, 0.717) is 13.2 Å². The first-order chi connectivity index (χ1) is 7.97. The van der Waals surface area contributed by atoms with Crippen LogP contribution in [0.3, 0.4) is 0 Å². The molecule has 0 bridgehead atoms. The fourth-order valence-corrected chi connectivity index (χ4v) is 2.53. The highest BCUT2D eigenvalue weighted by Gasteiger charge is 2.23. The summed E-state index contributed by atoms with van der Waals surface area (Å²) in [5, 5.41) is 6.11. The van der Waals surface area contributed by atoms with Crippen LogP contribution < -0.4 is 4.72 Å². The predicted molar refractivity (Wildman–Crippen MR) is 64.0 cm³/mol. The van der Waals surface area contributed by atoms with E-state index in [9.17, 15) is 8.42 Å². The summed E-state index contributed by atoms with van der Waals surface area (Å²) in [5.41, 5.74) is 0. The number of aromatic nitrogens is 2. The number of sulfonamides is 1. The number of hydrogen-bond donors (Lipinski definition) is 2. The van der Waals surface area contributed by atoms with Gasteiger partial charge < -0.3 is 4.74 Å². The first kappa shape index (κ1) is 14.1. The van der Waals surface area contributed by atoms with Gasteiger partial charge in [0.05, 0.1) is 12.8 Å². The molecule has 0 amide bonds. The van der Waals surface area contributed by atoms with E-state index in [2.05, 4.69) is 14.9 Å². The van der Waals surface area contributed by atoms with E-state index in [-0.39, 0.29) is 16.9 Å². The molecule has 0 aromatic carbocycles. The van der Waals surface area contributed by atoms with Crippen LogP contribution in [0, 0.1) is 5.92 Å². The molecule has 0 spiro atoms. The number of hydrogen-bond acceptors (Lipinski definition) is 4. The number of rotatable bonds is 7. The summed E-state index contributed by atoms with van der Waals surface area (Å²) in [6.07, 6.45) is 2.63. The third-order valence-electron chi connectivity index (χ3n) is 2.40. The molecular formula is C10H19N3O3S. The predicted octanol–water partition coefficient (Wildman–Crippen LogP) is 0.749. The van der Waals surface area contributed by atoms with Crippen LogP contribution in [0.2, 0.25) is 0 Å². The lowest BCUT2D eigenvalue weighted by atomic mass is 10.1. The molecule has 0 aliphatic rings. The lowest BCUT2D eigenvalue weighted by molar-refractivity contribution is 0.116. The minimum Gasteiger partial charge on any atom is -0.380 e. The number of ether oxygens (including phenoxy) is 1. The van der Waals surface area contributed by atoms with Crippen LogP contribution in [0.1, 0.15) is 20.8 Å². The second-order valence-electron chi connectivity index (χ2n) is 4.07. The summed E-state index contributed by atoms with van der Waals surface area (Å²) in [4.78, 5) is 0.139. The zero-order valence-corrected chi connectivity index (χ0v) is 11.1. The summed E-state index contributed by atoms with van der Waals surface area (Å²) in [7, 11) is -3.52. The first-order valence-corrected chi connectivity index (χ1v) is 7.04. The smallest absolute Gasteiger partial charge is 0.244 e. The molecule has 1 rings (SSSR count). The molecule has 2 N–H and O–H groups in total. The zero-order valence-electron chi connectivity index (χ0n) is 10.3. The monoisotopic (exact) mass is 261 g/mol. The lowest BCUT2D eigenvalue weighted by Crippen LogP contribution is -2.41. The van der Waals surface area contributed by atoms with Crippen LogP contribution in [-0.2, 0) is 14.8 Å². The van der Waals surface area contributed by atoms with Gasteiger partial charge in [-0.05, 0) is 12.8 Å². The van der Waals surface area contributed by atoms with E-state index < -0.39 is 10.0 Å². The van der Waals surface area contributed by atoms with Gasteiger partial charge in [0.25, 0.3) is 0 Å². The molecule has 0 fully saturated rings. The molecule has 1 unspecified atom stereocenters. The fraction of sp³-hybridized carbons (Fsp3) is 0.700. The van der Waals surface area contributed by atoms with Crippen molar-refractivity contribution in [1.82, 2.24) is 14.9 Å². The number of aromatic amines is 1. The molecule has 0 saturated carbocycles. The van der Waals surface area contributed by atoms with Gasteiger partial charge in [0.2, 0.25) is 10.0 Å². The van der Waals surface area contributed by atoms with Gasteiger partial charge in [-0.3, -0.25) is 5.10 Å². The van der Waals surface area contributed by atoms with Crippen molar-refractivity contribution in [2.45, 2.75) is 31.7 Å². The van der Waals surface area contributed by atoms with Crippen LogP contribution >= 0.6 is 0 Å². The highest BCUT2D eigenvalue weighted by Crippen LogP contribution is 2.10. The molecule has 0 saturated heterocycles. The lowest BCUT2D eigenvalue weighted by Gasteiger charge is -2.21. The third kappa shape index (κ3) is 4.10. The second kappa shape index (κ2) is 6.13. The molecule has 0 aliphatic carbocycles. The third-order valence-corrected chi connectivity index (χ3v) is 3.85. The van der Waals surface area contributed by atoms with E-state index >= 15 is 0 Å². The summed E-state index contributed by atoms with van der Waals surface area (Å²) in [5.74, 6) is 0.156. The average Bonchev–Trinajstić information content (AvgIpc) is 2.77. The van der Waals surface area contributed by atoms with Crippen molar-refractivity contribution in [2.24, 2.45) is 5.92 Å². The molecule has 6 nitrogen and oxygen atoms in total. The van der Waals surface area contributed by atoms with Gasteiger partial charge in [0, 0.05) is 18.8 Å². The molecule has 0 aliphatic heterocycles. The minimum atomic E-state index is -3.52. The molecule has 1 aromatic rings. The summed E-state index contributed by atoms with van der Waals surface area (Å²) >= 11 is 0. The van der Waals surface area contributed by atoms with Crippen LogP contribution in [0.15, 0.2) is 17.3 Å². The van der Waals surface area contributed by atoms with E-state index in [0.717, 1.165) is 0 Å². The zero-order chi connectivity index (χ0) is 12.9. The Kier molecular flexibility index (Phi) is 5.10. The normalized spacial score (nSPS) is 14.1. The minimum absolute atomic E-state index is 0.139. The van der Waals surface area contributed by atoms with Gasteiger partial charge >= 0.3 is 0 Å². The quantitative estimate of drug-likeness (QED) is 0.758. The van der Waals surface area contributed by atoms with Crippen molar-refractivity contribution in [2.75, 3.05) is 13.2 Å². The Morgan fingerprint density at radius 2 is 2.24 bits per heavy atom. The van der Waals surface area contributed by atoms with Crippen LogP contribution in [0.5, 0.6) is 0 Å². The topological polar surface area (TPSA) is 84.1 Å². The average molecular weight is 261 g/mol. The van der Waals surface area contributed by atoms with Crippen molar-refractivity contribution < 1.29 is 13.2 Å². The van der Waals surface area contributed by atoms with E-state index in [1.54, 1.807) is 0 Å². The molecule has 1 aromatic heterocycles. The standard InChI is InChI=1S/C10H19N3O3S/c1-4-16-7-10(8(2)3)13-17(14,15)9-5-11-12-6-9/h5-6,8,10,13H,4,7H2,1-3H3,(H,11,12). The fourth-order valence-electron chi connectivity index (χ4n) is 1.26. The van der Waals surface area contributed by atoms with Crippen LogP contribution in [-0.4, -0.2) is 37.9 Å². The van der Waals surface area contributed by atoms with Gasteiger partial charge in [0.1, 0.15) is 4.90 Å². The van der Waals surface area contributed by atoms with Gasteiger partial charge in [-0.2, -0.15) is 5.10 Å². The molecule has 17 heavy (non-hydrogen) atoms. The molecule has 7 heteroatoms. The number of nitrogens with one attached hydrogen (secondary N) is 2. The Balaban J connectivity index is 2.73. The summed E-state index contributed by atoms with van der Waals surface area (Å²) in [6, 6.07) is -0.241. The highest BCUT2D eigenvalue weighted by atomic mass is 32.2. The van der Waals surface area contributed by atoms with Gasteiger partial charge in [-0.25, -0.2) is 13.1 Å². The summed E-state index contributed by atoms with van der Waals surface area (Å²) in [6.45, 7) is 6.70. The highest BCUT2D eigenvalue weighted by molar-refractivity contribution is 7.89. The van der Waals surface area contributed by atoms with Crippen LogP contribution in [0.4, 0.5) is 0 Å². The summed E-state index contributed by atoms with van der Waals surface area (Å²) < 4.78 is 31.8. The molecule has 98 valence electrons. The largest absolute Gasteiger partial charge is 0.380 e. The van der Waals surface area contributed by atoms with Crippen molar-refractivity contribution >= 4 is 10.0 Å². The molecule has 0 radical (unpaired) electrons. The maximum Gasteiger partial charge on any atom is 0.244 e. The van der Waals surface area contributed by atoms with Crippen molar-refractivity contribution in [3.63, 3.8) is 0 Å². The number of H-pyrrole nitrogens is 1. The van der Waals surface area contributed by atoms with Gasteiger partial charge in [-0.15, -0.1) is 0 Å². The van der Waals surface area contributed by atoms with Crippen LogP contribution in [0.25, 0.3) is 0 Å². The molecular weight excluding hydrogens is 242 g/mol. The first-order valence-electron chi connectivity index (χ1n) is 5.56. The Morgan fingerprint density at radius 3 is 2.71 bits per heavy atom. The van der Waals surface area contributed by atoms with Gasteiger partial charge in [-0.1, -0.05) is 13.8 Å². The molecule has 1 atom stereocenters. The SMILES string of the molecule is CCOCC(NS(=O)(=O)c1cn[nH]c1)C(C)C. The Bertz CT molecular complexity index is 414. The maximum atomic E-state index is 11.9. The van der Waals surface area contributed by atoms with E-state index in [4.69, 9.17) is 4.74 Å². The maximum absolute atomic E-state index is 11.9. The Morgan fingerprint density at radius 1 is 1.53 bits per heavy atom. The van der Waals surface area contributed by atoms with Crippen molar-refractivity contribution in [3.05, 3.63) is 12.4 Å². The number of nitrogens with zero attached hydrogens (tertiary/aromatic N) is 1. The Hall–Kier alpha value is -0.920. The van der Waals surface area contributed by atoms with Gasteiger partial charge in [0.15, 0.2) is 0 Å². The Labute approximate surface area is 102 Å². The molecule has 1 heterocycles. The van der Waals surface area contributed by atoms with Crippen molar-refractivity contribution in [1.29, 1.82) is 0 Å².